The molecule has 3 nitrogen and oxygen atoms in total. The van der Waals surface area contributed by atoms with Crippen LogP contribution in [0.4, 0.5) is 22.0 Å². The first-order chi connectivity index (χ1) is 4.68. The van der Waals surface area contributed by atoms with Crippen molar-refractivity contribution in [2.24, 2.45) is 0 Å². The molecule has 0 spiro atoms. The minimum absolute atomic E-state index is 2.17. The maximum Gasteiger partial charge on any atom is 0.631 e. The quantitative estimate of drug-likeness (QED) is 0.361. The Labute approximate surface area is 58.2 Å². The molecule has 0 aromatic heterocycles. The molecule has 1 radical (unpaired) electrons. The van der Waals surface area contributed by atoms with Gasteiger partial charge in [0.15, 0.2) is 0 Å². The molecule has 0 aromatic carbocycles. The molecule has 0 atom stereocenters. The van der Waals surface area contributed by atoms with E-state index >= 15 is 0 Å². The summed E-state index contributed by atoms with van der Waals surface area (Å²) in [6.07, 6.45) is -8.92. The molecular weight excluding hydrogens is 178 g/mol. The topological polar surface area (TPSA) is 60.7 Å². The maximum absolute atomic E-state index is 10.4. The fraction of sp³-hybridized carbons (Fsp3) is 0.500. The number of rotatable bonds is 0. The molecule has 0 saturated heterocycles. The third-order valence-electron chi connectivity index (χ3n) is 0.214. The third-order valence-corrected chi connectivity index (χ3v) is 0.214. The van der Waals surface area contributed by atoms with Crippen molar-refractivity contribution in [2.45, 2.75) is 6.18 Å². The summed E-state index contributed by atoms with van der Waals surface area (Å²) in [6.45, 7) is 0. The van der Waals surface area contributed by atoms with E-state index in [2.05, 4.69) is 0 Å². The fourth-order valence-electron chi connectivity index (χ4n) is 0. The predicted molar refractivity (Wildman–Crippen MR) is 23.9 cm³/mol. The lowest BCUT2D eigenvalue weighted by Crippen LogP contribution is -2.11. The highest BCUT2D eigenvalue weighted by Gasteiger charge is 2.43. The second-order valence-corrected chi connectivity index (χ2v) is 1.10. The van der Waals surface area contributed by atoms with Crippen LogP contribution in [0.2, 0.25) is 0 Å². The molecule has 67 valence electrons. The summed E-state index contributed by atoms with van der Waals surface area (Å²) in [5.74, 6) is 0. The lowest BCUT2D eigenvalue weighted by molar-refractivity contribution is -0.165. The van der Waals surface area contributed by atoms with Crippen molar-refractivity contribution in [2.75, 3.05) is 0 Å². The SMILES string of the molecule is F[C](F)C(F)(F)F.OB(O)O. The van der Waals surface area contributed by atoms with Gasteiger partial charge >= 0.3 is 19.9 Å². The fourth-order valence-corrected chi connectivity index (χ4v) is 0. The summed E-state index contributed by atoms with van der Waals surface area (Å²) in [5.41, 5.74) is 0. The van der Waals surface area contributed by atoms with Crippen molar-refractivity contribution < 1.29 is 37.0 Å². The van der Waals surface area contributed by atoms with Gasteiger partial charge in [0.1, 0.15) is 0 Å². The molecule has 0 amide bonds. The number of halogens is 5. The normalized spacial score (nSPS) is 10.6. The van der Waals surface area contributed by atoms with Crippen molar-refractivity contribution in [1.82, 2.24) is 0 Å². The first-order valence-electron chi connectivity index (χ1n) is 1.97. The average molecular weight is 181 g/mol. The van der Waals surface area contributed by atoms with Crippen LogP contribution >= 0.6 is 0 Å². The van der Waals surface area contributed by atoms with Crippen LogP contribution in [-0.2, 0) is 0 Å². The summed E-state index contributed by atoms with van der Waals surface area (Å²) in [6, 6.07) is 0. The first kappa shape index (κ1) is 13.2. The smallest absolute Gasteiger partial charge is 0.402 e. The van der Waals surface area contributed by atoms with Gasteiger partial charge in [0.05, 0.1) is 0 Å². The van der Waals surface area contributed by atoms with Gasteiger partial charge in [-0.25, -0.2) is 0 Å². The zero-order valence-corrected chi connectivity index (χ0v) is 4.81. The van der Waals surface area contributed by atoms with Gasteiger partial charge in [-0.3, -0.25) is 0 Å². The Morgan fingerprint density at radius 2 is 1.09 bits per heavy atom. The number of alkyl halides is 3. The number of hydrogen-bond acceptors (Lipinski definition) is 3. The minimum Gasteiger partial charge on any atom is -0.402 e. The van der Waals surface area contributed by atoms with Crippen LogP contribution in [0.15, 0.2) is 0 Å². The molecule has 0 aliphatic heterocycles. The van der Waals surface area contributed by atoms with E-state index in [9.17, 15) is 22.0 Å². The van der Waals surface area contributed by atoms with Crippen LogP contribution in [0, 0.1) is 6.43 Å². The van der Waals surface area contributed by atoms with Crippen molar-refractivity contribution in [1.29, 1.82) is 0 Å². The van der Waals surface area contributed by atoms with Crippen molar-refractivity contribution >= 4 is 7.32 Å². The largest absolute Gasteiger partial charge is 0.631 e. The Balaban J connectivity index is 0. The van der Waals surface area contributed by atoms with E-state index in [1.165, 1.54) is 0 Å². The van der Waals surface area contributed by atoms with Gasteiger partial charge in [-0.05, 0) is 0 Å². The molecule has 0 heterocycles. The highest BCUT2D eigenvalue weighted by atomic mass is 19.4. The van der Waals surface area contributed by atoms with E-state index < -0.39 is 19.9 Å². The van der Waals surface area contributed by atoms with Crippen LogP contribution in [0.3, 0.4) is 0 Å². The monoisotopic (exact) mass is 181 g/mol. The Morgan fingerprint density at radius 3 is 1.09 bits per heavy atom. The van der Waals surface area contributed by atoms with Gasteiger partial charge in [0.25, 0.3) is 0 Å². The van der Waals surface area contributed by atoms with Crippen LogP contribution < -0.4 is 0 Å². The summed E-state index contributed by atoms with van der Waals surface area (Å²) >= 11 is 0. The molecule has 0 aliphatic carbocycles. The highest BCUT2D eigenvalue weighted by molar-refractivity contribution is 6.30. The first-order valence-corrected chi connectivity index (χ1v) is 1.97. The molecule has 9 heteroatoms. The molecule has 11 heavy (non-hydrogen) atoms. The molecule has 0 aromatic rings. The molecule has 0 bridgehead atoms. The summed E-state index contributed by atoms with van der Waals surface area (Å²) < 4.78 is 51.8. The van der Waals surface area contributed by atoms with Crippen molar-refractivity contribution in [3.8, 4) is 0 Å². The lowest BCUT2D eigenvalue weighted by atomic mass is 10.3. The molecule has 3 N–H and O–H groups in total. The standard InChI is InChI=1S/C2F5.BH3O3/c3-1(4)2(5,6)7;2-1(3)4/h;2-4H. The Bertz CT molecular complexity index is 89.5. The highest BCUT2D eigenvalue weighted by Crippen LogP contribution is 2.29. The molecule has 0 saturated carbocycles. The average Bonchev–Trinajstić information content (AvgIpc) is 1.59. The van der Waals surface area contributed by atoms with E-state index in [1.54, 1.807) is 0 Å². The zero-order valence-electron chi connectivity index (χ0n) is 4.81. The van der Waals surface area contributed by atoms with Gasteiger partial charge in [-0.1, -0.05) is 0 Å². The molecule has 0 rings (SSSR count). The molecule has 0 aliphatic rings. The second kappa shape index (κ2) is 5.27. The second-order valence-electron chi connectivity index (χ2n) is 1.10. The van der Waals surface area contributed by atoms with Crippen LogP contribution in [0.25, 0.3) is 0 Å². The van der Waals surface area contributed by atoms with Gasteiger partial charge in [0.2, 0.25) is 0 Å². The van der Waals surface area contributed by atoms with Crippen molar-refractivity contribution in [3.05, 3.63) is 6.43 Å². The Kier molecular flexibility index (Phi) is 6.33. The van der Waals surface area contributed by atoms with Crippen LogP contribution in [-0.4, -0.2) is 28.6 Å². The van der Waals surface area contributed by atoms with Gasteiger partial charge in [0, 0.05) is 0 Å². The van der Waals surface area contributed by atoms with Crippen LogP contribution in [0.1, 0.15) is 0 Å². The Hall–Kier alpha value is -0.405. The van der Waals surface area contributed by atoms with E-state index in [0.717, 1.165) is 0 Å². The van der Waals surface area contributed by atoms with E-state index in [1.807, 2.05) is 0 Å². The van der Waals surface area contributed by atoms with Gasteiger partial charge in [-0.15, -0.1) is 0 Å². The van der Waals surface area contributed by atoms with Crippen molar-refractivity contribution in [3.63, 3.8) is 0 Å². The summed E-state index contributed by atoms with van der Waals surface area (Å²) in [4.78, 5) is 0. The van der Waals surface area contributed by atoms with Gasteiger partial charge < -0.3 is 15.1 Å². The molecular formula is C2H3BF5O3. The van der Waals surface area contributed by atoms with E-state index in [4.69, 9.17) is 15.1 Å². The Morgan fingerprint density at radius 1 is 1.00 bits per heavy atom. The lowest BCUT2D eigenvalue weighted by Gasteiger charge is -1.98. The van der Waals surface area contributed by atoms with E-state index in [0.29, 0.717) is 0 Å². The van der Waals surface area contributed by atoms with Gasteiger partial charge in [-0.2, -0.15) is 22.0 Å². The zero-order chi connectivity index (χ0) is 9.65. The van der Waals surface area contributed by atoms with E-state index in [-0.39, 0.29) is 0 Å². The maximum atomic E-state index is 10.4. The number of hydrogen-bond donors (Lipinski definition) is 3. The minimum atomic E-state index is -5.42. The summed E-state index contributed by atoms with van der Waals surface area (Å²) in [7, 11) is -2.17. The molecule has 0 fully saturated rings. The van der Waals surface area contributed by atoms with Crippen LogP contribution in [0.5, 0.6) is 0 Å². The third kappa shape index (κ3) is 17.7. The predicted octanol–water partition coefficient (Wildman–Crippen LogP) is -0.0746. The summed E-state index contributed by atoms with van der Waals surface area (Å²) in [5, 5.41) is 21.5. The molecule has 0 unspecified atom stereocenters.